The summed E-state index contributed by atoms with van der Waals surface area (Å²) in [6, 6.07) is 17.2. The molecule has 0 atom stereocenters. The number of halogens is 4. The second-order valence-corrected chi connectivity index (χ2v) is 9.62. The predicted octanol–water partition coefficient (Wildman–Crippen LogP) is 8.03. The van der Waals surface area contributed by atoms with Gasteiger partial charge < -0.3 is 15.2 Å². The van der Waals surface area contributed by atoms with Gasteiger partial charge in [0, 0.05) is 23.6 Å². The van der Waals surface area contributed by atoms with Gasteiger partial charge in [0.25, 0.3) is 0 Å². The summed E-state index contributed by atoms with van der Waals surface area (Å²) in [6.07, 6.45) is -2.20. The summed E-state index contributed by atoms with van der Waals surface area (Å²) in [5.74, 6) is -0.862. The maximum absolute atomic E-state index is 13.7. The van der Waals surface area contributed by atoms with Crippen LogP contribution in [0.3, 0.4) is 0 Å². The van der Waals surface area contributed by atoms with E-state index in [0.717, 1.165) is 23.3 Å². The first-order valence-electron chi connectivity index (χ1n) is 12.5. The van der Waals surface area contributed by atoms with Crippen LogP contribution in [0.5, 0.6) is 5.75 Å². The van der Waals surface area contributed by atoms with Crippen LogP contribution in [0.2, 0.25) is 0 Å². The zero-order valence-corrected chi connectivity index (χ0v) is 21.7. The smallest absolute Gasteiger partial charge is 0.416 e. The van der Waals surface area contributed by atoms with E-state index in [0.29, 0.717) is 59.7 Å². The lowest BCUT2D eigenvalue weighted by molar-refractivity contribution is -0.137. The fraction of sp³-hybridized carbons (Fsp3) is 0.267. The number of anilines is 1. The van der Waals surface area contributed by atoms with E-state index in [1.54, 1.807) is 6.07 Å². The standard InChI is InChI=1S/C30H27ClF3NO4/c31-13-5-10-28(36)35-23-15-20(14-21(16-23)29(37)38)24-8-4-9-25(24)26-17-22(30(32,33)34)11-12-27(26)39-18-19-6-2-1-3-7-19/h1-3,6-7,11-12,14-17H,4-5,8-10,13,18H2,(H,35,36)(H,37,38). The quantitative estimate of drug-likeness (QED) is 0.247. The van der Waals surface area contributed by atoms with Crippen LogP contribution in [-0.4, -0.2) is 22.9 Å². The van der Waals surface area contributed by atoms with Crippen molar-refractivity contribution in [3.05, 3.63) is 94.5 Å². The van der Waals surface area contributed by atoms with E-state index in [2.05, 4.69) is 5.32 Å². The normalized spacial score (nSPS) is 13.4. The molecule has 1 aliphatic carbocycles. The van der Waals surface area contributed by atoms with Crippen LogP contribution in [0.15, 0.2) is 66.7 Å². The number of hydrogen-bond acceptors (Lipinski definition) is 3. The molecule has 204 valence electrons. The van der Waals surface area contributed by atoms with Crippen molar-refractivity contribution < 1.29 is 32.6 Å². The molecule has 9 heteroatoms. The van der Waals surface area contributed by atoms with Gasteiger partial charge in [0.05, 0.1) is 11.1 Å². The predicted molar refractivity (Wildman–Crippen MR) is 145 cm³/mol. The number of carboxylic acids is 1. The van der Waals surface area contributed by atoms with E-state index in [9.17, 15) is 27.9 Å². The molecule has 1 amide bonds. The van der Waals surface area contributed by atoms with Crippen LogP contribution in [0.25, 0.3) is 11.1 Å². The first-order chi connectivity index (χ1) is 18.7. The molecule has 4 rings (SSSR count). The Morgan fingerprint density at radius 2 is 1.72 bits per heavy atom. The number of rotatable bonds is 10. The molecule has 0 saturated heterocycles. The largest absolute Gasteiger partial charge is 0.488 e. The summed E-state index contributed by atoms with van der Waals surface area (Å²) in [5, 5.41) is 12.4. The Hall–Kier alpha value is -3.78. The SMILES string of the molecule is O=C(CCCCl)Nc1cc(C(=O)O)cc(C2=C(c3cc(C(F)(F)F)ccc3OCc3ccccc3)CCC2)c1. The maximum atomic E-state index is 13.7. The minimum absolute atomic E-state index is 0.0384. The van der Waals surface area contributed by atoms with Crippen molar-refractivity contribution in [2.45, 2.75) is 44.9 Å². The second-order valence-electron chi connectivity index (χ2n) is 9.24. The highest BCUT2D eigenvalue weighted by atomic mass is 35.5. The maximum Gasteiger partial charge on any atom is 0.416 e. The van der Waals surface area contributed by atoms with Gasteiger partial charge >= 0.3 is 12.1 Å². The van der Waals surface area contributed by atoms with E-state index in [1.165, 1.54) is 18.2 Å². The van der Waals surface area contributed by atoms with Crippen molar-refractivity contribution >= 4 is 40.3 Å². The van der Waals surface area contributed by atoms with E-state index < -0.39 is 17.7 Å². The third-order valence-electron chi connectivity index (χ3n) is 6.44. The molecule has 5 nitrogen and oxygen atoms in total. The van der Waals surface area contributed by atoms with Crippen molar-refractivity contribution in [1.29, 1.82) is 0 Å². The summed E-state index contributed by atoms with van der Waals surface area (Å²) in [4.78, 5) is 24.2. The van der Waals surface area contributed by atoms with Gasteiger partial charge in [0.1, 0.15) is 12.4 Å². The number of aromatic carboxylic acids is 1. The highest BCUT2D eigenvalue weighted by Crippen LogP contribution is 2.45. The van der Waals surface area contributed by atoms with Gasteiger partial charge in [0.15, 0.2) is 0 Å². The van der Waals surface area contributed by atoms with Gasteiger partial charge in [-0.2, -0.15) is 13.2 Å². The molecule has 0 bridgehead atoms. The molecule has 0 fully saturated rings. The Morgan fingerprint density at radius 3 is 2.41 bits per heavy atom. The third-order valence-corrected chi connectivity index (χ3v) is 6.70. The van der Waals surface area contributed by atoms with Gasteiger partial charge in [-0.25, -0.2) is 4.79 Å². The van der Waals surface area contributed by atoms with Crippen LogP contribution in [-0.2, 0) is 17.6 Å². The van der Waals surface area contributed by atoms with Gasteiger partial charge in [0.2, 0.25) is 5.91 Å². The molecule has 0 radical (unpaired) electrons. The van der Waals surface area contributed by atoms with E-state index in [4.69, 9.17) is 16.3 Å². The lowest BCUT2D eigenvalue weighted by atomic mass is 9.93. The minimum Gasteiger partial charge on any atom is -0.488 e. The van der Waals surface area contributed by atoms with Crippen LogP contribution in [0.1, 0.15) is 64.7 Å². The number of carbonyl (C=O) groups excluding carboxylic acids is 1. The van der Waals surface area contributed by atoms with Crippen molar-refractivity contribution in [2.75, 3.05) is 11.2 Å². The van der Waals surface area contributed by atoms with Crippen molar-refractivity contribution in [3.63, 3.8) is 0 Å². The molecular weight excluding hydrogens is 531 g/mol. The number of nitrogens with one attached hydrogen (secondary N) is 1. The zero-order valence-electron chi connectivity index (χ0n) is 21.0. The molecular formula is C30H27ClF3NO4. The Balaban J connectivity index is 1.78. The lowest BCUT2D eigenvalue weighted by Gasteiger charge is -2.18. The van der Waals surface area contributed by atoms with E-state index >= 15 is 0 Å². The third kappa shape index (κ3) is 7.20. The molecule has 3 aromatic carbocycles. The highest BCUT2D eigenvalue weighted by molar-refractivity contribution is 6.18. The first kappa shape index (κ1) is 28.2. The molecule has 0 saturated carbocycles. The number of alkyl halides is 4. The molecule has 39 heavy (non-hydrogen) atoms. The molecule has 2 N–H and O–H groups in total. The summed E-state index contributed by atoms with van der Waals surface area (Å²) < 4.78 is 47.1. The topological polar surface area (TPSA) is 75.6 Å². The Morgan fingerprint density at radius 1 is 0.974 bits per heavy atom. The summed E-state index contributed by atoms with van der Waals surface area (Å²) >= 11 is 5.67. The number of benzene rings is 3. The average Bonchev–Trinajstić information content (AvgIpc) is 3.40. The summed E-state index contributed by atoms with van der Waals surface area (Å²) in [6.45, 7) is 0.175. The number of amides is 1. The number of hydrogen-bond donors (Lipinski definition) is 2. The van der Waals surface area contributed by atoms with Crippen LogP contribution < -0.4 is 10.1 Å². The molecule has 0 unspecified atom stereocenters. The molecule has 1 aliphatic rings. The first-order valence-corrected chi connectivity index (χ1v) is 13.0. The summed E-state index contributed by atoms with van der Waals surface area (Å²) in [7, 11) is 0. The Kier molecular flexibility index (Phi) is 8.97. The van der Waals surface area contributed by atoms with Crippen LogP contribution in [0, 0.1) is 0 Å². The number of carboxylic acid groups (broad SMARTS) is 1. The van der Waals surface area contributed by atoms with Gasteiger partial charge in [-0.05, 0) is 84.4 Å². The lowest BCUT2D eigenvalue weighted by Crippen LogP contribution is -2.12. The van der Waals surface area contributed by atoms with Crippen molar-refractivity contribution in [3.8, 4) is 5.75 Å². The Bertz CT molecular complexity index is 1390. The zero-order chi connectivity index (χ0) is 28.0. The van der Waals surface area contributed by atoms with Gasteiger partial charge in [-0.1, -0.05) is 30.3 Å². The molecule has 0 aromatic heterocycles. The van der Waals surface area contributed by atoms with Gasteiger partial charge in [-0.15, -0.1) is 11.6 Å². The van der Waals surface area contributed by atoms with E-state index in [-0.39, 0.29) is 24.5 Å². The van der Waals surface area contributed by atoms with Crippen LogP contribution >= 0.6 is 11.6 Å². The fourth-order valence-corrected chi connectivity index (χ4v) is 4.74. The molecule has 0 spiro atoms. The molecule has 0 heterocycles. The Labute approximate surface area is 229 Å². The molecule has 0 aliphatic heterocycles. The van der Waals surface area contributed by atoms with Crippen LogP contribution in [0.4, 0.5) is 18.9 Å². The average molecular weight is 558 g/mol. The second kappa shape index (κ2) is 12.4. The van der Waals surface area contributed by atoms with Gasteiger partial charge in [-0.3, -0.25) is 4.79 Å². The van der Waals surface area contributed by atoms with Crippen molar-refractivity contribution in [2.24, 2.45) is 0 Å². The number of carbonyl (C=O) groups is 2. The number of ether oxygens (including phenoxy) is 1. The summed E-state index contributed by atoms with van der Waals surface area (Å²) in [5.41, 5.74) is 2.56. The minimum atomic E-state index is -4.55. The fourth-order valence-electron chi connectivity index (χ4n) is 4.61. The highest BCUT2D eigenvalue weighted by Gasteiger charge is 2.32. The van der Waals surface area contributed by atoms with E-state index in [1.807, 2.05) is 30.3 Å². The number of allylic oxidation sites excluding steroid dienone is 2. The monoisotopic (exact) mass is 557 g/mol. The van der Waals surface area contributed by atoms with Crippen molar-refractivity contribution in [1.82, 2.24) is 0 Å². The molecule has 3 aromatic rings.